The van der Waals surface area contributed by atoms with Crippen LogP contribution in [0.3, 0.4) is 0 Å². The van der Waals surface area contributed by atoms with Crippen LogP contribution in [0, 0.1) is 6.92 Å². The number of fused-ring (bicyclic) bond motifs is 1. The predicted octanol–water partition coefficient (Wildman–Crippen LogP) is 2.28. The number of ether oxygens (including phenoxy) is 2. The van der Waals surface area contributed by atoms with Gasteiger partial charge in [-0.1, -0.05) is 18.2 Å². The number of rotatable bonds is 8. The molecule has 3 rings (SSSR count). The number of hydrogen-bond donors (Lipinski definition) is 1. The van der Waals surface area contributed by atoms with E-state index in [0.29, 0.717) is 30.9 Å². The van der Waals surface area contributed by atoms with Gasteiger partial charge in [-0.15, -0.1) is 0 Å². The van der Waals surface area contributed by atoms with E-state index in [9.17, 15) is 13.2 Å². The normalized spacial score (nSPS) is 14.4. The van der Waals surface area contributed by atoms with Crippen LogP contribution in [0.15, 0.2) is 47.4 Å². The number of carbonyl (C=O) groups is 1. The van der Waals surface area contributed by atoms with Crippen molar-refractivity contribution >= 4 is 21.6 Å². The summed E-state index contributed by atoms with van der Waals surface area (Å²) >= 11 is 0. The van der Waals surface area contributed by atoms with E-state index >= 15 is 0 Å². The van der Waals surface area contributed by atoms with Crippen LogP contribution in [0.1, 0.15) is 18.1 Å². The molecule has 2 aromatic rings. The van der Waals surface area contributed by atoms with Crippen LogP contribution in [0.25, 0.3) is 0 Å². The molecule has 8 heteroatoms. The van der Waals surface area contributed by atoms with E-state index in [-0.39, 0.29) is 23.5 Å². The zero-order valence-electron chi connectivity index (χ0n) is 16.8. The number of para-hydroxylation sites is 1. The molecule has 0 aromatic heterocycles. The van der Waals surface area contributed by atoms with Crippen molar-refractivity contribution in [3.8, 4) is 5.75 Å². The molecule has 0 bridgehead atoms. The number of hydrogen-bond acceptors (Lipinski definition) is 5. The number of nitrogens with zero attached hydrogens (tertiary/aromatic N) is 1. The van der Waals surface area contributed by atoms with Gasteiger partial charge in [0.1, 0.15) is 5.75 Å². The van der Waals surface area contributed by atoms with Gasteiger partial charge in [-0.3, -0.25) is 9.10 Å². The summed E-state index contributed by atoms with van der Waals surface area (Å²) in [6.45, 7) is 4.29. The molecule has 1 aliphatic rings. The number of amides is 1. The minimum absolute atomic E-state index is 0.118. The first kappa shape index (κ1) is 21.1. The van der Waals surface area contributed by atoms with Crippen molar-refractivity contribution in [3.05, 3.63) is 53.6 Å². The van der Waals surface area contributed by atoms with Crippen molar-refractivity contribution in [2.24, 2.45) is 0 Å². The molecule has 29 heavy (non-hydrogen) atoms. The molecule has 0 saturated carbocycles. The molecule has 0 spiro atoms. The molecular formula is C21H26N2O5S. The lowest BCUT2D eigenvalue weighted by molar-refractivity contribution is -0.124. The van der Waals surface area contributed by atoms with Gasteiger partial charge >= 0.3 is 0 Å². The molecule has 0 radical (unpaired) electrons. The highest BCUT2D eigenvalue weighted by molar-refractivity contribution is 7.92. The van der Waals surface area contributed by atoms with Gasteiger partial charge < -0.3 is 14.8 Å². The lowest BCUT2D eigenvalue weighted by Crippen LogP contribution is -2.38. The van der Waals surface area contributed by atoms with Gasteiger partial charge in [0.2, 0.25) is 0 Å². The first-order valence-corrected chi connectivity index (χ1v) is 10.9. The average molecular weight is 419 g/mol. The Bertz CT molecular complexity index is 990. The zero-order chi connectivity index (χ0) is 21.0. The molecule has 1 heterocycles. The summed E-state index contributed by atoms with van der Waals surface area (Å²) in [6.07, 6.45) is 0.701. The number of anilines is 1. The second-order valence-corrected chi connectivity index (χ2v) is 8.96. The molecule has 0 fully saturated rings. The SMILES string of the molecule is COC[C@@H](C)NC(=O)COc1ccc(S(=O)(=O)N2CCc3ccccc32)cc1C. The monoisotopic (exact) mass is 418 g/mol. The summed E-state index contributed by atoms with van der Waals surface area (Å²) in [7, 11) is -2.09. The number of carbonyl (C=O) groups excluding carboxylic acids is 1. The molecule has 156 valence electrons. The molecule has 1 N–H and O–H groups in total. The maximum atomic E-state index is 13.1. The van der Waals surface area contributed by atoms with Gasteiger partial charge in [0.05, 0.1) is 17.2 Å². The lowest BCUT2D eigenvalue weighted by atomic mass is 10.2. The summed E-state index contributed by atoms with van der Waals surface area (Å²) in [4.78, 5) is 12.1. The van der Waals surface area contributed by atoms with E-state index in [1.54, 1.807) is 26.2 Å². The Kier molecular flexibility index (Phi) is 6.44. The highest BCUT2D eigenvalue weighted by atomic mass is 32.2. The molecule has 0 aliphatic carbocycles. The second-order valence-electron chi connectivity index (χ2n) is 7.10. The standard InChI is InChI=1S/C21H26N2O5S/c1-15-12-18(8-9-20(15)28-14-21(24)22-16(2)13-27-3)29(25,26)23-11-10-17-6-4-5-7-19(17)23/h4-9,12,16H,10-11,13-14H2,1-3H3,(H,22,24)/t16-/m1/s1. The van der Waals surface area contributed by atoms with Crippen LogP contribution in [-0.2, 0) is 26.0 Å². The Morgan fingerprint density at radius 2 is 2.00 bits per heavy atom. The topological polar surface area (TPSA) is 84.9 Å². The molecule has 1 aliphatic heterocycles. The maximum absolute atomic E-state index is 13.1. The summed E-state index contributed by atoms with van der Waals surface area (Å²) in [6, 6.07) is 12.1. The van der Waals surface area contributed by atoms with Gasteiger partial charge in [0.25, 0.3) is 15.9 Å². The molecule has 0 unspecified atom stereocenters. The van der Waals surface area contributed by atoms with Gasteiger partial charge in [0.15, 0.2) is 6.61 Å². The second kappa shape index (κ2) is 8.84. The Hall–Kier alpha value is -2.58. The molecule has 2 aromatic carbocycles. The van der Waals surface area contributed by atoms with Gasteiger partial charge in [0, 0.05) is 19.7 Å². The van der Waals surface area contributed by atoms with Crippen molar-refractivity contribution in [2.75, 3.05) is 31.2 Å². The summed E-state index contributed by atoms with van der Waals surface area (Å²) < 4.78 is 38.2. The Morgan fingerprint density at radius 3 is 2.72 bits per heavy atom. The number of nitrogens with one attached hydrogen (secondary N) is 1. The predicted molar refractivity (Wildman–Crippen MR) is 111 cm³/mol. The fourth-order valence-corrected chi connectivity index (χ4v) is 4.97. The van der Waals surface area contributed by atoms with E-state index in [1.165, 1.54) is 10.4 Å². The molecule has 1 amide bonds. The van der Waals surface area contributed by atoms with Crippen LogP contribution >= 0.6 is 0 Å². The highest BCUT2D eigenvalue weighted by Crippen LogP contribution is 2.33. The van der Waals surface area contributed by atoms with E-state index in [0.717, 1.165) is 11.3 Å². The minimum atomic E-state index is -3.66. The highest BCUT2D eigenvalue weighted by Gasteiger charge is 2.30. The smallest absolute Gasteiger partial charge is 0.264 e. The van der Waals surface area contributed by atoms with E-state index in [2.05, 4.69) is 5.32 Å². The van der Waals surface area contributed by atoms with Crippen molar-refractivity contribution in [3.63, 3.8) is 0 Å². The van der Waals surface area contributed by atoms with Crippen molar-refractivity contribution in [1.82, 2.24) is 5.32 Å². The maximum Gasteiger partial charge on any atom is 0.264 e. The van der Waals surface area contributed by atoms with Crippen LogP contribution in [0.2, 0.25) is 0 Å². The van der Waals surface area contributed by atoms with Crippen LogP contribution in [0.4, 0.5) is 5.69 Å². The Balaban J connectivity index is 1.70. The van der Waals surface area contributed by atoms with E-state index in [4.69, 9.17) is 9.47 Å². The van der Waals surface area contributed by atoms with E-state index in [1.807, 2.05) is 31.2 Å². The van der Waals surface area contributed by atoms with Crippen molar-refractivity contribution in [2.45, 2.75) is 31.2 Å². The average Bonchev–Trinajstić information content (AvgIpc) is 3.12. The Labute approximate surface area is 171 Å². The fraction of sp³-hybridized carbons (Fsp3) is 0.381. The van der Waals surface area contributed by atoms with Crippen LogP contribution in [-0.4, -0.2) is 47.2 Å². The summed E-state index contributed by atoms with van der Waals surface area (Å²) in [5.41, 5.74) is 2.41. The van der Waals surface area contributed by atoms with Crippen molar-refractivity contribution in [1.29, 1.82) is 0 Å². The van der Waals surface area contributed by atoms with E-state index < -0.39 is 10.0 Å². The molecule has 0 saturated heterocycles. The number of methoxy groups -OCH3 is 1. The molecular weight excluding hydrogens is 392 g/mol. The number of aryl methyl sites for hydroxylation is 1. The van der Waals surface area contributed by atoms with Crippen molar-refractivity contribution < 1.29 is 22.7 Å². The first-order valence-electron chi connectivity index (χ1n) is 9.45. The molecule has 7 nitrogen and oxygen atoms in total. The van der Waals surface area contributed by atoms with Crippen LogP contribution in [0.5, 0.6) is 5.75 Å². The summed E-state index contributed by atoms with van der Waals surface area (Å²) in [5.74, 6) is 0.208. The van der Waals surface area contributed by atoms with Crippen LogP contribution < -0.4 is 14.4 Å². The third-order valence-electron chi connectivity index (χ3n) is 4.76. The zero-order valence-corrected chi connectivity index (χ0v) is 17.7. The third kappa shape index (κ3) is 4.71. The number of benzene rings is 2. The fourth-order valence-electron chi connectivity index (χ4n) is 3.38. The number of sulfonamides is 1. The quantitative estimate of drug-likeness (QED) is 0.711. The van der Waals surface area contributed by atoms with Gasteiger partial charge in [-0.05, 0) is 55.7 Å². The molecule has 1 atom stereocenters. The Morgan fingerprint density at radius 1 is 1.24 bits per heavy atom. The largest absolute Gasteiger partial charge is 0.484 e. The lowest BCUT2D eigenvalue weighted by Gasteiger charge is -2.20. The van der Waals surface area contributed by atoms with Gasteiger partial charge in [-0.2, -0.15) is 0 Å². The first-order chi connectivity index (χ1) is 13.8. The van der Waals surface area contributed by atoms with Gasteiger partial charge in [-0.25, -0.2) is 8.42 Å². The summed E-state index contributed by atoms with van der Waals surface area (Å²) in [5, 5.41) is 2.76. The third-order valence-corrected chi connectivity index (χ3v) is 6.57. The minimum Gasteiger partial charge on any atom is -0.484 e.